The smallest absolute Gasteiger partial charge is 0.410 e. The van der Waals surface area contributed by atoms with Crippen LogP contribution < -0.4 is 9.47 Å². The Morgan fingerprint density at radius 2 is 1.93 bits per heavy atom. The van der Waals surface area contributed by atoms with Crippen LogP contribution in [0, 0.1) is 5.82 Å². The highest BCUT2D eigenvalue weighted by atomic mass is 19.1. The SMILES string of the molecule is COCCOc1ccn2c(-c3ccc4cc(F)cc(O[C@@H]5CCN(C(=O)OCc6ccccc6)C[C@@H]5F)c4n3)cnc2c1. The molecule has 1 aliphatic rings. The summed E-state index contributed by atoms with van der Waals surface area (Å²) >= 11 is 0. The molecule has 11 heteroatoms. The molecule has 9 nitrogen and oxygen atoms in total. The summed E-state index contributed by atoms with van der Waals surface area (Å²) in [5.74, 6) is 0.271. The number of nitrogens with zero attached hydrogens (tertiary/aromatic N) is 4. The maximum atomic E-state index is 15.3. The molecule has 6 rings (SSSR count). The summed E-state index contributed by atoms with van der Waals surface area (Å²) in [6.07, 6.45) is 0.756. The lowest BCUT2D eigenvalue weighted by Crippen LogP contribution is -2.49. The monoisotopic (exact) mass is 588 g/mol. The molecular weight excluding hydrogens is 558 g/mol. The van der Waals surface area contributed by atoms with Crippen molar-refractivity contribution in [1.29, 1.82) is 0 Å². The fourth-order valence-electron chi connectivity index (χ4n) is 5.04. The van der Waals surface area contributed by atoms with Gasteiger partial charge in [-0.2, -0.15) is 0 Å². The molecule has 0 aliphatic carbocycles. The number of hydrogen-bond donors (Lipinski definition) is 0. The number of pyridine rings is 2. The molecule has 222 valence electrons. The highest BCUT2D eigenvalue weighted by Gasteiger charge is 2.34. The number of alkyl halides is 1. The maximum Gasteiger partial charge on any atom is 0.410 e. The quantitative estimate of drug-likeness (QED) is 0.200. The fraction of sp³-hybridized carbons (Fsp3) is 0.281. The van der Waals surface area contributed by atoms with Crippen LogP contribution in [0.2, 0.25) is 0 Å². The summed E-state index contributed by atoms with van der Waals surface area (Å²) < 4.78 is 53.8. The van der Waals surface area contributed by atoms with Gasteiger partial charge in [-0.3, -0.25) is 4.40 Å². The topological polar surface area (TPSA) is 87.4 Å². The molecule has 1 saturated heterocycles. The van der Waals surface area contributed by atoms with Gasteiger partial charge in [0.1, 0.15) is 47.8 Å². The van der Waals surface area contributed by atoms with Gasteiger partial charge in [-0.05, 0) is 23.8 Å². The first-order chi connectivity index (χ1) is 21.0. The number of likely N-dealkylation sites (tertiary alicyclic amines) is 1. The second kappa shape index (κ2) is 12.6. The van der Waals surface area contributed by atoms with E-state index in [-0.39, 0.29) is 31.9 Å². The standard InChI is InChI=1S/C32H30F2N4O5/c1-40-13-14-41-24-9-12-38-27(18-35-30(38)17-24)26-8-7-22-15-23(33)16-29(31(22)36-26)43-28-10-11-37(19-25(28)34)32(39)42-20-21-5-3-2-4-6-21/h2-9,12,15-18,25,28H,10-11,13-14,19-20H2,1H3/t25-,28+/m0/s1. The highest BCUT2D eigenvalue weighted by Crippen LogP contribution is 2.32. The van der Waals surface area contributed by atoms with E-state index in [0.29, 0.717) is 46.9 Å². The van der Waals surface area contributed by atoms with Gasteiger partial charge in [0.2, 0.25) is 0 Å². The summed E-state index contributed by atoms with van der Waals surface area (Å²) in [5, 5.41) is 0.513. The van der Waals surface area contributed by atoms with Crippen LogP contribution in [-0.2, 0) is 16.1 Å². The van der Waals surface area contributed by atoms with E-state index < -0.39 is 24.2 Å². The van der Waals surface area contributed by atoms with Crippen LogP contribution in [0.1, 0.15) is 12.0 Å². The third kappa shape index (κ3) is 6.36. The summed E-state index contributed by atoms with van der Waals surface area (Å²) in [4.78, 5) is 23.1. The molecule has 1 aliphatic heterocycles. The molecule has 3 aromatic heterocycles. The second-order valence-electron chi connectivity index (χ2n) is 10.2. The van der Waals surface area contributed by atoms with E-state index >= 15 is 4.39 Å². The van der Waals surface area contributed by atoms with Crippen molar-refractivity contribution in [2.75, 3.05) is 33.4 Å². The minimum atomic E-state index is -1.50. The first-order valence-electron chi connectivity index (χ1n) is 13.9. The maximum absolute atomic E-state index is 15.3. The molecule has 43 heavy (non-hydrogen) atoms. The Kier molecular flexibility index (Phi) is 8.32. The average molecular weight is 589 g/mol. The Morgan fingerprint density at radius 1 is 1.07 bits per heavy atom. The van der Waals surface area contributed by atoms with Crippen LogP contribution in [0.25, 0.3) is 27.9 Å². The van der Waals surface area contributed by atoms with Crippen LogP contribution in [-0.4, -0.2) is 71.1 Å². The zero-order valence-electron chi connectivity index (χ0n) is 23.5. The number of carbonyl (C=O) groups excluding carboxylic acids is 1. The molecule has 5 aromatic rings. The van der Waals surface area contributed by atoms with Crippen molar-refractivity contribution in [3.8, 4) is 22.9 Å². The third-order valence-corrected chi connectivity index (χ3v) is 7.25. The fourth-order valence-corrected chi connectivity index (χ4v) is 5.04. The van der Waals surface area contributed by atoms with Gasteiger partial charge in [0.15, 0.2) is 6.17 Å². The summed E-state index contributed by atoms with van der Waals surface area (Å²) in [6.45, 7) is 1.04. The lowest BCUT2D eigenvalue weighted by molar-refractivity contribution is 0.0152. The number of carbonyl (C=O) groups is 1. The summed E-state index contributed by atoms with van der Waals surface area (Å²) in [5.41, 5.74) is 3.19. The molecule has 1 fully saturated rings. The molecular formula is C32H30F2N4O5. The molecule has 1 amide bonds. The van der Waals surface area contributed by atoms with Crippen LogP contribution in [0.3, 0.4) is 0 Å². The Balaban J connectivity index is 1.18. The molecule has 0 N–H and O–H groups in total. The molecule has 2 aromatic carbocycles. The highest BCUT2D eigenvalue weighted by molar-refractivity contribution is 5.87. The Morgan fingerprint density at radius 3 is 2.74 bits per heavy atom. The second-order valence-corrected chi connectivity index (χ2v) is 10.2. The van der Waals surface area contributed by atoms with Gasteiger partial charge in [0.05, 0.1) is 30.7 Å². The van der Waals surface area contributed by atoms with Gasteiger partial charge in [-0.15, -0.1) is 0 Å². The van der Waals surface area contributed by atoms with Gasteiger partial charge in [-0.25, -0.2) is 23.5 Å². The van der Waals surface area contributed by atoms with Crippen molar-refractivity contribution in [1.82, 2.24) is 19.3 Å². The van der Waals surface area contributed by atoms with E-state index in [1.165, 1.54) is 17.0 Å². The lowest BCUT2D eigenvalue weighted by Gasteiger charge is -2.34. The minimum Gasteiger partial charge on any atom is -0.491 e. The number of rotatable bonds is 9. The summed E-state index contributed by atoms with van der Waals surface area (Å²) in [7, 11) is 1.61. The molecule has 2 atom stereocenters. The van der Waals surface area contributed by atoms with Crippen LogP contribution >= 0.6 is 0 Å². The largest absolute Gasteiger partial charge is 0.491 e. The number of piperidine rings is 1. The number of halogens is 2. The van der Waals surface area contributed by atoms with E-state index in [1.807, 2.05) is 53.1 Å². The van der Waals surface area contributed by atoms with Gasteiger partial charge >= 0.3 is 6.09 Å². The number of ether oxygens (including phenoxy) is 4. The van der Waals surface area contributed by atoms with Crippen molar-refractivity contribution in [2.45, 2.75) is 25.3 Å². The van der Waals surface area contributed by atoms with E-state index in [4.69, 9.17) is 23.9 Å². The molecule has 0 radical (unpaired) electrons. The first-order valence-corrected chi connectivity index (χ1v) is 13.9. The zero-order chi connectivity index (χ0) is 29.8. The number of benzene rings is 2. The van der Waals surface area contributed by atoms with Crippen molar-refractivity contribution in [3.05, 3.63) is 90.5 Å². The van der Waals surface area contributed by atoms with E-state index in [0.717, 1.165) is 5.56 Å². The average Bonchev–Trinajstić information content (AvgIpc) is 3.44. The normalized spacial score (nSPS) is 16.9. The number of amides is 1. The van der Waals surface area contributed by atoms with Crippen molar-refractivity contribution >= 4 is 22.6 Å². The van der Waals surface area contributed by atoms with E-state index in [9.17, 15) is 9.18 Å². The predicted octanol–water partition coefficient (Wildman–Crippen LogP) is 5.84. The van der Waals surface area contributed by atoms with E-state index in [2.05, 4.69) is 4.98 Å². The van der Waals surface area contributed by atoms with E-state index in [1.54, 1.807) is 25.4 Å². The van der Waals surface area contributed by atoms with Gasteiger partial charge < -0.3 is 23.8 Å². The van der Waals surface area contributed by atoms with Crippen LogP contribution in [0.4, 0.5) is 13.6 Å². The Hall–Kier alpha value is -4.77. The van der Waals surface area contributed by atoms with Gasteiger partial charge in [-0.1, -0.05) is 36.4 Å². The number of aromatic nitrogens is 3. The lowest BCUT2D eigenvalue weighted by atomic mass is 10.1. The zero-order valence-corrected chi connectivity index (χ0v) is 23.5. The van der Waals surface area contributed by atoms with Crippen molar-refractivity contribution in [2.24, 2.45) is 0 Å². The van der Waals surface area contributed by atoms with Gasteiger partial charge in [0, 0.05) is 43.8 Å². The molecule has 0 bridgehead atoms. The number of fused-ring (bicyclic) bond motifs is 2. The Bertz CT molecular complexity index is 1730. The predicted molar refractivity (Wildman–Crippen MR) is 155 cm³/mol. The Labute approximate surface area is 246 Å². The van der Waals surface area contributed by atoms with Gasteiger partial charge in [0.25, 0.3) is 0 Å². The third-order valence-electron chi connectivity index (χ3n) is 7.25. The molecule has 0 saturated carbocycles. The molecule has 0 unspecified atom stereocenters. The number of hydrogen-bond acceptors (Lipinski definition) is 7. The van der Waals surface area contributed by atoms with Crippen LogP contribution in [0.15, 0.2) is 79.1 Å². The number of methoxy groups -OCH3 is 1. The first kappa shape index (κ1) is 28.4. The summed E-state index contributed by atoms with van der Waals surface area (Å²) in [6, 6.07) is 19.0. The number of imidazole rings is 1. The van der Waals surface area contributed by atoms with Crippen LogP contribution in [0.5, 0.6) is 11.5 Å². The molecule has 4 heterocycles. The molecule has 0 spiro atoms. The minimum absolute atomic E-state index is 0.103. The van der Waals surface area contributed by atoms with Crippen molar-refractivity contribution in [3.63, 3.8) is 0 Å². The van der Waals surface area contributed by atoms with Crippen molar-refractivity contribution < 1.29 is 32.5 Å².